The number of fused-ring (bicyclic) bond motifs is 1. The Bertz CT molecular complexity index is 644. The van der Waals surface area contributed by atoms with Crippen LogP contribution in [0.4, 0.5) is 5.69 Å². The molecule has 2 nitrogen and oxygen atoms in total. The SMILES string of the molecule is NCCC1CN(Cc2ccc(Cl)cc2Br)c2ccccc21. The topological polar surface area (TPSA) is 29.3 Å². The third kappa shape index (κ3) is 3.10. The number of benzene rings is 2. The molecule has 2 aromatic carbocycles. The van der Waals surface area contributed by atoms with Crippen LogP contribution in [0, 0.1) is 0 Å². The molecule has 3 rings (SSSR count). The molecule has 1 heterocycles. The second kappa shape index (κ2) is 6.39. The maximum absolute atomic E-state index is 6.02. The minimum absolute atomic E-state index is 0.539. The van der Waals surface area contributed by atoms with Crippen molar-refractivity contribution >= 4 is 33.2 Å². The summed E-state index contributed by atoms with van der Waals surface area (Å²) in [6.45, 7) is 2.65. The van der Waals surface area contributed by atoms with Crippen LogP contribution in [0.25, 0.3) is 0 Å². The Hall–Kier alpha value is -1.03. The van der Waals surface area contributed by atoms with E-state index in [4.69, 9.17) is 17.3 Å². The standard InChI is InChI=1S/C17H18BrClN2/c18-16-9-14(19)6-5-13(16)11-21-10-12(7-8-20)15-3-1-2-4-17(15)21/h1-6,9,12H,7-8,10-11,20H2. The van der Waals surface area contributed by atoms with E-state index in [1.54, 1.807) is 0 Å². The molecule has 1 aliphatic rings. The summed E-state index contributed by atoms with van der Waals surface area (Å²) in [6, 6.07) is 14.6. The largest absolute Gasteiger partial charge is 0.366 e. The van der Waals surface area contributed by atoms with Gasteiger partial charge in [-0.3, -0.25) is 0 Å². The molecule has 0 saturated heterocycles. The number of nitrogens with two attached hydrogens (primary N) is 1. The lowest BCUT2D eigenvalue weighted by atomic mass is 9.98. The lowest BCUT2D eigenvalue weighted by Gasteiger charge is -2.21. The number of para-hydroxylation sites is 1. The second-order valence-corrected chi connectivity index (χ2v) is 6.74. The van der Waals surface area contributed by atoms with Crippen LogP contribution >= 0.6 is 27.5 Å². The van der Waals surface area contributed by atoms with Crippen molar-refractivity contribution in [2.45, 2.75) is 18.9 Å². The van der Waals surface area contributed by atoms with Crippen LogP contribution in [0.3, 0.4) is 0 Å². The lowest BCUT2D eigenvalue weighted by molar-refractivity contribution is 0.644. The molecular weight excluding hydrogens is 348 g/mol. The van der Waals surface area contributed by atoms with E-state index in [0.29, 0.717) is 5.92 Å². The summed E-state index contributed by atoms with van der Waals surface area (Å²) in [5, 5.41) is 0.758. The summed E-state index contributed by atoms with van der Waals surface area (Å²) in [5.74, 6) is 0.539. The minimum Gasteiger partial charge on any atom is -0.366 e. The van der Waals surface area contributed by atoms with Crippen LogP contribution in [-0.4, -0.2) is 13.1 Å². The van der Waals surface area contributed by atoms with Gasteiger partial charge in [-0.25, -0.2) is 0 Å². The Kier molecular flexibility index (Phi) is 4.53. The Morgan fingerprint density at radius 1 is 1.24 bits per heavy atom. The normalized spacial score (nSPS) is 17.1. The number of hydrogen-bond donors (Lipinski definition) is 1. The van der Waals surface area contributed by atoms with E-state index < -0.39 is 0 Å². The van der Waals surface area contributed by atoms with Crippen molar-refractivity contribution in [1.29, 1.82) is 0 Å². The van der Waals surface area contributed by atoms with E-state index in [0.717, 1.165) is 35.6 Å². The van der Waals surface area contributed by atoms with E-state index in [1.807, 2.05) is 12.1 Å². The molecule has 110 valence electrons. The van der Waals surface area contributed by atoms with Crippen LogP contribution in [0.1, 0.15) is 23.5 Å². The number of halogens is 2. The van der Waals surface area contributed by atoms with Crippen molar-refractivity contribution in [3.05, 3.63) is 63.1 Å². The van der Waals surface area contributed by atoms with Gasteiger partial charge in [-0.05, 0) is 42.3 Å². The van der Waals surface area contributed by atoms with Gasteiger partial charge in [0.15, 0.2) is 0 Å². The first kappa shape index (κ1) is 14.9. The van der Waals surface area contributed by atoms with Gasteiger partial charge in [-0.15, -0.1) is 0 Å². The fourth-order valence-electron chi connectivity index (χ4n) is 3.04. The summed E-state index contributed by atoms with van der Waals surface area (Å²) in [5.41, 5.74) is 9.77. The predicted molar refractivity (Wildman–Crippen MR) is 93.1 cm³/mol. The van der Waals surface area contributed by atoms with Gasteiger partial charge in [0.2, 0.25) is 0 Å². The molecule has 2 aromatic rings. The van der Waals surface area contributed by atoms with Gasteiger partial charge in [0, 0.05) is 34.2 Å². The number of anilines is 1. The molecule has 0 spiro atoms. The zero-order valence-electron chi connectivity index (χ0n) is 11.7. The van der Waals surface area contributed by atoms with Crippen LogP contribution in [0.5, 0.6) is 0 Å². The molecule has 0 aromatic heterocycles. The number of rotatable bonds is 4. The predicted octanol–water partition coefficient (Wildman–Crippen LogP) is 4.56. The van der Waals surface area contributed by atoms with Gasteiger partial charge in [0.25, 0.3) is 0 Å². The van der Waals surface area contributed by atoms with E-state index in [2.05, 4.69) is 51.2 Å². The quantitative estimate of drug-likeness (QED) is 0.861. The van der Waals surface area contributed by atoms with E-state index in [9.17, 15) is 0 Å². The second-order valence-electron chi connectivity index (χ2n) is 5.45. The van der Waals surface area contributed by atoms with Crippen molar-refractivity contribution in [2.24, 2.45) is 5.73 Å². The lowest BCUT2D eigenvalue weighted by Crippen LogP contribution is -2.22. The summed E-state index contributed by atoms with van der Waals surface area (Å²) in [4.78, 5) is 2.43. The van der Waals surface area contributed by atoms with Gasteiger partial charge >= 0.3 is 0 Å². The van der Waals surface area contributed by atoms with E-state index >= 15 is 0 Å². The Morgan fingerprint density at radius 2 is 2.05 bits per heavy atom. The molecule has 1 unspecified atom stereocenters. The average Bonchev–Trinajstić information content (AvgIpc) is 2.81. The smallest absolute Gasteiger partial charge is 0.0441 e. The first-order valence-corrected chi connectivity index (χ1v) is 8.34. The highest BCUT2D eigenvalue weighted by atomic mass is 79.9. The first-order valence-electron chi connectivity index (χ1n) is 7.17. The highest BCUT2D eigenvalue weighted by molar-refractivity contribution is 9.10. The summed E-state index contributed by atoms with van der Waals surface area (Å²) < 4.78 is 1.06. The van der Waals surface area contributed by atoms with Crippen LogP contribution in [0.2, 0.25) is 5.02 Å². The van der Waals surface area contributed by atoms with E-state index in [1.165, 1.54) is 16.8 Å². The van der Waals surface area contributed by atoms with Crippen molar-refractivity contribution in [1.82, 2.24) is 0 Å². The summed E-state index contributed by atoms with van der Waals surface area (Å²) >= 11 is 9.63. The first-order chi connectivity index (χ1) is 10.2. The molecule has 0 radical (unpaired) electrons. The molecule has 0 saturated carbocycles. The van der Waals surface area contributed by atoms with Crippen molar-refractivity contribution in [3.63, 3.8) is 0 Å². The van der Waals surface area contributed by atoms with Gasteiger partial charge in [-0.1, -0.05) is 51.8 Å². The summed E-state index contributed by atoms with van der Waals surface area (Å²) in [7, 11) is 0. The Morgan fingerprint density at radius 3 is 2.81 bits per heavy atom. The molecule has 2 N–H and O–H groups in total. The Labute approximate surface area is 139 Å². The van der Waals surface area contributed by atoms with E-state index in [-0.39, 0.29) is 0 Å². The maximum atomic E-state index is 6.02. The average molecular weight is 366 g/mol. The fraction of sp³-hybridized carbons (Fsp3) is 0.294. The molecule has 1 aliphatic heterocycles. The van der Waals surface area contributed by atoms with Crippen LogP contribution < -0.4 is 10.6 Å². The molecule has 0 bridgehead atoms. The van der Waals surface area contributed by atoms with Crippen molar-refractivity contribution < 1.29 is 0 Å². The van der Waals surface area contributed by atoms with Gasteiger partial charge < -0.3 is 10.6 Å². The number of hydrogen-bond acceptors (Lipinski definition) is 2. The molecule has 0 fully saturated rings. The summed E-state index contributed by atoms with van der Waals surface area (Å²) in [6.07, 6.45) is 1.04. The zero-order chi connectivity index (χ0) is 14.8. The third-order valence-corrected chi connectivity index (χ3v) is 5.02. The molecule has 0 amide bonds. The minimum atomic E-state index is 0.539. The highest BCUT2D eigenvalue weighted by Crippen LogP contribution is 2.39. The number of nitrogens with zero attached hydrogens (tertiary/aromatic N) is 1. The van der Waals surface area contributed by atoms with Gasteiger partial charge in [-0.2, -0.15) is 0 Å². The molecule has 1 atom stereocenters. The maximum Gasteiger partial charge on any atom is 0.0441 e. The zero-order valence-corrected chi connectivity index (χ0v) is 14.1. The third-order valence-electron chi connectivity index (χ3n) is 4.05. The highest BCUT2D eigenvalue weighted by Gasteiger charge is 2.27. The monoisotopic (exact) mass is 364 g/mol. The molecular formula is C17H18BrClN2. The van der Waals surface area contributed by atoms with Crippen LogP contribution in [-0.2, 0) is 6.54 Å². The molecule has 21 heavy (non-hydrogen) atoms. The Balaban J connectivity index is 1.86. The van der Waals surface area contributed by atoms with Crippen molar-refractivity contribution in [3.8, 4) is 0 Å². The van der Waals surface area contributed by atoms with Gasteiger partial charge in [0.05, 0.1) is 0 Å². The molecule has 0 aliphatic carbocycles. The van der Waals surface area contributed by atoms with Crippen molar-refractivity contribution in [2.75, 3.05) is 18.0 Å². The van der Waals surface area contributed by atoms with Crippen LogP contribution in [0.15, 0.2) is 46.9 Å². The van der Waals surface area contributed by atoms with Gasteiger partial charge in [0.1, 0.15) is 0 Å². The fourth-order valence-corrected chi connectivity index (χ4v) is 3.84. The molecule has 4 heteroatoms.